The van der Waals surface area contributed by atoms with Crippen LogP contribution in [0.5, 0.6) is 0 Å². The molecule has 2 N–H and O–H groups in total. The van der Waals surface area contributed by atoms with Gasteiger partial charge in [0.15, 0.2) is 0 Å². The first-order valence-electron chi connectivity index (χ1n) is 6.60. The van der Waals surface area contributed by atoms with Crippen LogP contribution in [0.4, 0.5) is 0 Å². The van der Waals surface area contributed by atoms with Gasteiger partial charge in [0.25, 0.3) is 0 Å². The van der Waals surface area contributed by atoms with E-state index < -0.39 is 0 Å². The first-order chi connectivity index (χ1) is 8.54. The van der Waals surface area contributed by atoms with Crippen molar-refractivity contribution in [3.63, 3.8) is 0 Å². The topological polar surface area (TPSA) is 38.5 Å². The fourth-order valence-electron chi connectivity index (χ4n) is 2.98. The van der Waals surface area contributed by atoms with Crippen LogP contribution in [0.15, 0.2) is 11.4 Å². The van der Waals surface area contributed by atoms with Crippen molar-refractivity contribution in [3.8, 4) is 0 Å². The molecule has 2 heterocycles. The van der Waals surface area contributed by atoms with E-state index in [0.717, 1.165) is 13.0 Å². The molecular weight excluding hydrogens is 244 g/mol. The van der Waals surface area contributed by atoms with Crippen LogP contribution < -0.4 is 5.73 Å². The molecule has 0 radical (unpaired) electrons. The number of hydrogen-bond donors (Lipinski definition) is 1. The lowest BCUT2D eigenvalue weighted by Crippen LogP contribution is -2.60. The largest absolute Gasteiger partial charge is 0.380 e. The van der Waals surface area contributed by atoms with Crippen molar-refractivity contribution in [1.29, 1.82) is 0 Å². The van der Waals surface area contributed by atoms with E-state index in [9.17, 15) is 0 Å². The normalized spacial score (nSPS) is 25.5. The van der Waals surface area contributed by atoms with Crippen molar-refractivity contribution < 1.29 is 4.74 Å². The quantitative estimate of drug-likeness (QED) is 0.911. The lowest BCUT2D eigenvalue weighted by molar-refractivity contribution is -0.0514. The van der Waals surface area contributed by atoms with E-state index in [4.69, 9.17) is 10.5 Å². The van der Waals surface area contributed by atoms with Crippen LogP contribution in [-0.4, -0.2) is 36.7 Å². The molecular formula is C14H24N2OS. The van der Waals surface area contributed by atoms with E-state index in [1.165, 1.54) is 10.4 Å². The summed E-state index contributed by atoms with van der Waals surface area (Å²) in [5, 5.41) is 2.20. The number of hydrogen-bond acceptors (Lipinski definition) is 4. The highest BCUT2D eigenvalue weighted by Crippen LogP contribution is 2.38. The van der Waals surface area contributed by atoms with Gasteiger partial charge in [0.2, 0.25) is 0 Å². The minimum atomic E-state index is -0.103. The van der Waals surface area contributed by atoms with Gasteiger partial charge < -0.3 is 10.5 Å². The van der Waals surface area contributed by atoms with Crippen LogP contribution in [0.2, 0.25) is 0 Å². The zero-order chi connectivity index (χ0) is 13.3. The van der Waals surface area contributed by atoms with Crippen molar-refractivity contribution in [2.45, 2.75) is 44.9 Å². The molecule has 0 aromatic carbocycles. The Bertz CT molecular complexity index is 406. The third kappa shape index (κ3) is 2.11. The highest BCUT2D eigenvalue weighted by atomic mass is 32.1. The molecule has 0 spiro atoms. The number of fused-ring (bicyclic) bond motifs is 1. The predicted octanol–water partition coefficient (Wildman–Crippen LogP) is 2.42. The van der Waals surface area contributed by atoms with E-state index in [2.05, 4.69) is 37.1 Å². The Hall–Kier alpha value is -0.420. The lowest BCUT2D eigenvalue weighted by atomic mass is 9.88. The molecule has 3 nitrogen and oxygen atoms in total. The summed E-state index contributed by atoms with van der Waals surface area (Å²) in [6.07, 6.45) is 1.26. The van der Waals surface area contributed by atoms with Crippen molar-refractivity contribution in [2.75, 3.05) is 20.2 Å². The Morgan fingerprint density at radius 2 is 2.39 bits per heavy atom. The molecule has 2 rings (SSSR count). The van der Waals surface area contributed by atoms with Gasteiger partial charge in [0.05, 0.1) is 11.6 Å². The summed E-state index contributed by atoms with van der Waals surface area (Å²) in [4.78, 5) is 4.04. The highest BCUT2D eigenvalue weighted by molar-refractivity contribution is 7.10. The molecule has 18 heavy (non-hydrogen) atoms. The number of nitrogens with two attached hydrogens (primary N) is 1. The predicted molar refractivity (Wildman–Crippen MR) is 77.1 cm³/mol. The zero-order valence-electron chi connectivity index (χ0n) is 11.8. The average molecular weight is 268 g/mol. The van der Waals surface area contributed by atoms with Gasteiger partial charge in [-0.25, -0.2) is 0 Å². The molecule has 1 aromatic rings. The van der Waals surface area contributed by atoms with Gasteiger partial charge in [-0.2, -0.15) is 0 Å². The fourth-order valence-corrected chi connectivity index (χ4v) is 3.94. The number of methoxy groups -OCH3 is 1. The van der Waals surface area contributed by atoms with Gasteiger partial charge in [-0.3, -0.25) is 4.90 Å². The van der Waals surface area contributed by atoms with Crippen molar-refractivity contribution in [2.24, 2.45) is 5.73 Å². The Balaban J connectivity index is 2.29. The van der Waals surface area contributed by atoms with E-state index in [-0.39, 0.29) is 11.6 Å². The van der Waals surface area contributed by atoms with Gasteiger partial charge in [0, 0.05) is 31.1 Å². The molecule has 0 fully saturated rings. The fraction of sp³-hybridized carbons (Fsp3) is 0.714. The first-order valence-corrected chi connectivity index (χ1v) is 7.48. The van der Waals surface area contributed by atoms with Gasteiger partial charge >= 0.3 is 0 Å². The summed E-state index contributed by atoms with van der Waals surface area (Å²) in [7, 11) is 1.77. The Morgan fingerprint density at radius 1 is 1.67 bits per heavy atom. The maximum atomic E-state index is 6.05. The van der Waals surface area contributed by atoms with E-state index >= 15 is 0 Å². The molecule has 4 heteroatoms. The van der Waals surface area contributed by atoms with Crippen LogP contribution >= 0.6 is 11.3 Å². The molecule has 3 atom stereocenters. The number of nitrogens with zero attached hydrogens (tertiary/aromatic N) is 1. The lowest BCUT2D eigenvalue weighted by Gasteiger charge is -2.49. The molecule has 1 aromatic heterocycles. The summed E-state index contributed by atoms with van der Waals surface area (Å²) in [5.41, 5.74) is 7.42. The number of ether oxygens (including phenoxy) is 1. The van der Waals surface area contributed by atoms with Crippen LogP contribution in [0.25, 0.3) is 0 Å². The summed E-state index contributed by atoms with van der Waals surface area (Å²) in [6, 6.07) is 2.68. The summed E-state index contributed by atoms with van der Waals surface area (Å²) in [6.45, 7) is 8.29. The van der Waals surface area contributed by atoms with E-state index in [0.29, 0.717) is 12.6 Å². The summed E-state index contributed by atoms with van der Waals surface area (Å²) >= 11 is 1.87. The molecule has 0 saturated carbocycles. The molecule has 1 aliphatic rings. The van der Waals surface area contributed by atoms with Crippen LogP contribution in [-0.2, 0) is 11.2 Å². The van der Waals surface area contributed by atoms with Crippen molar-refractivity contribution >= 4 is 11.3 Å². The molecule has 1 aliphatic heterocycles. The standard InChI is InChI=1S/C14H24N2OS/c1-10-12-6-8-18-13(12)5-7-16(10)14(3,9-15)11(2)17-4/h6,8,10-11H,5,7,9,15H2,1-4H3. The van der Waals surface area contributed by atoms with Gasteiger partial charge in [0.1, 0.15) is 0 Å². The van der Waals surface area contributed by atoms with E-state index in [1.807, 2.05) is 11.3 Å². The van der Waals surface area contributed by atoms with Crippen LogP contribution in [0.1, 0.15) is 37.3 Å². The maximum Gasteiger partial charge on any atom is 0.0736 e. The molecule has 3 unspecified atom stereocenters. The minimum Gasteiger partial charge on any atom is -0.380 e. The third-order valence-corrected chi connectivity index (χ3v) is 5.57. The Labute approximate surface area is 114 Å². The maximum absolute atomic E-state index is 6.05. The molecule has 0 saturated heterocycles. The molecule has 0 aliphatic carbocycles. The average Bonchev–Trinajstić information content (AvgIpc) is 2.86. The molecule has 102 valence electrons. The zero-order valence-corrected chi connectivity index (χ0v) is 12.6. The first kappa shape index (κ1) is 14.0. The van der Waals surface area contributed by atoms with Crippen molar-refractivity contribution in [1.82, 2.24) is 4.90 Å². The molecule has 0 bridgehead atoms. The smallest absolute Gasteiger partial charge is 0.0736 e. The minimum absolute atomic E-state index is 0.103. The van der Waals surface area contributed by atoms with E-state index in [1.54, 1.807) is 7.11 Å². The highest BCUT2D eigenvalue weighted by Gasteiger charge is 2.41. The second-order valence-corrected chi connectivity index (χ2v) is 6.36. The van der Waals surface area contributed by atoms with Crippen molar-refractivity contribution in [3.05, 3.63) is 21.9 Å². The summed E-state index contributed by atoms with van der Waals surface area (Å²) in [5.74, 6) is 0. The second-order valence-electron chi connectivity index (χ2n) is 5.36. The summed E-state index contributed by atoms with van der Waals surface area (Å²) < 4.78 is 5.56. The third-order valence-electron chi connectivity index (χ3n) is 4.58. The number of thiophene rings is 1. The van der Waals surface area contributed by atoms with Gasteiger partial charge in [-0.15, -0.1) is 11.3 Å². The van der Waals surface area contributed by atoms with Crippen LogP contribution in [0, 0.1) is 0 Å². The second kappa shape index (κ2) is 5.29. The molecule has 0 amide bonds. The van der Waals surface area contributed by atoms with Gasteiger partial charge in [-0.05, 0) is 44.2 Å². The van der Waals surface area contributed by atoms with Gasteiger partial charge in [-0.1, -0.05) is 0 Å². The Kier molecular flexibility index (Phi) is 4.11. The SMILES string of the molecule is COC(C)C(C)(CN)N1CCc2sccc2C1C. The number of rotatable bonds is 4. The monoisotopic (exact) mass is 268 g/mol. The Morgan fingerprint density at radius 3 is 3.00 bits per heavy atom. The van der Waals surface area contributed by atoms with Crippen LogP contribution in [0.3, 0.4) is 0 Å².